The second-order valence-corrected chi connectivity index (χ2v) is 4.86. The molecular formula is C14H19NO2. The zero-order chi connectivity index (χ0) is 12.3. The lowest BCUT2D eigenvalue weighted by molar-refractivity contribution is -0.140. The van der Waals surface area contributed by atoms with Gasteiger partial charge >= 0.3 is 5.97 Å². The molecule has 1 saturated carbocycles. The molecule has 17 heavy (non-hydrogen) atoms. The lowest BCUT2D eigenvalue weighted by atomic mass is 10.0. The highest BCUT2D eigenvalue weighted by molar-refractivity contribution is 5.75. The molecule has 3 atom stereocenters. The summed E-state index contributed by atoms with van der Waals surface area (Å²) in [5.74, 6) is -0.226. The molecule has 0 aromatic heterocycles. The summed E-state index contributed by atoms with van der Waals surface area (Å²) < 4.78 is 0. The van der Waals surface area contributed by atoms with Crippen molar-refractivity contribution in [2.24, 2.45) is 5.92 Å². The molecule has 2 rings (SSSR count). The van der Waals surface area contributed by atoms with Crippen molar-refractivity contribution in [3.8, 4) is 0 Å². The quantitative estimate of drug-likeness (QED) is 0.840. The number of aliphatic carboxylic acids is 1. The van der Waals surface area contributed by atoms with Crippen LogP contribution in [0.2, 0.25) is 0 Å². The summed E-state index contributed by atoms with van der Waals surface area (Å²) in [5, 5.41) is 12.6. The van der Waals surface area contributed by atoms with Crippen LogP contribution < -0.4 is 5.32 Å². The third-order valence-electron chi connectivity index (χ3n) is 3.62. The van der Waals surface area contributed by atoms with E-state index in [9.17, 15) is 9.90 Å². The summed E-state index contributed by atoms with van der Waals surface area (Å²) >= 11 is 0. The SMILES string of the molecule is CC1CCCC1NC(C(=O)O)c1ccccc1. The number of carboxylic acid groups (broad SMARTS) is 1. The highest BCUT2D eigenvalue weighted by Gasteiger charge is 2.29. The zero-order valence-corrected chi connectivity index (χ0v) is 10.1. The molecule has 0 saturated heterocycles. The standard InChI is InChI=1S/C14H19NO2/c1-10-6-5-9-12(10)15-13(14(16)17)11-7-3-2-4-8-11/h2-4,7-8,10,12-13,15H,5-6,9H2,1H3,(H,16,17). The van der Waals surface area contributed by atoms with E-state index in [2.05, 4.69) is 12.2 Å². The van der Waals surface area contributed by atoms with Crippen LogP contribution in [-0.2, 0) is 4.79 Å². The van der Waals surface area contributed by atoms with Gasteiger partial charge in [0.25, 0.3) is 0 Å². The van der Waals surface area contributed by atoms with Crippen molar-refractivity contribution < 1.29 is 9.90 Å². The second kappa shape index (κ2) is 5.32. The van der Waals surface area contributed by atoms with Crippen molar-refractivity contribution >= 4 is 5.97 Å². The predicted molar refractivity (Wildman–Crippen MR) is 66.8 cm³/mol. The number of carbonyl (C=O) groups is 1. The van der Waals surface area contributed by atoms with Gasteiger partial charge in [-0.15, -0.1) is 0 Å². The molecule has 0 radical (unpaired) electrons. The van der Waals surface area contributed by atoms with Crippen molar-refractivity contribution in [2.45, 2.75) is 38.3 Å². The van der Waals surface area contributed by atoms with E-state index in [4.69, 9.17) is 0 Å². The summed E-state index contributed by atoms with van der Waals surface area (Å²) in [4.78, 5) is 11.3. The summed E-state index contributed by atoms with van der Waals surface area (Å²) in [7, 11) is 0. The lowest BCUT2D eigenvalue weighted by Gasteiger charge is -2.23. The number of benzene rings is 1. The van der Waals surface area contributed by atoms with Gasteiger partial charge in [0.15, 0.2) is 0 Å². The molecule has 1 aromatic rings. The van der Waals surface area contributed by atoms with Crippen LogP contribution in [0.25, 0.3) is 0 Å². The van der Waals surface area contributed by atoms with E-state index in [-0.39, 0.29) is 0 Å². The Morgan fingerprint density at radius 3 is 2.59 bits per heavy atom. The van der Waals surface area contributed by atoms with Crippen LogP contribution >= 0.6 is 0 Å². The summed E-state index contributed by atoms with van der Waals surface area (Å²) in [5.41, 5.74) is 0.833. The Labute approximate surface area is 102 Å². The normalized spacial score (nSPS) is 25.7. The number of hydrogen-bond donors (Lipinski definition) is 2. The molecule has 0 aliphatic heterocycles. The molecule has 3 nitrogen and oxygen atoms in total. The Hall–Kier alpha value is -1.35. The first kappa shape index (κ1) is 12.1. The summed E-state index contributed by atoms with van der Waals surface area (Å²) in [6, 6.07) is 9.14. The van der Waals surface area contributed by atoms with Gasteiger partial charge in [-0.2, -0.15) is 0 Å². The molecule has 3 unspecified atom stereocenters. The number of rotatable bonds is 4. The molecule has 1 aliphatic carbocycles. The minimum absolute atomic E-state index is 0.330. The van der Waals surface area contributed by atoms with Gasteiger partial charge < -0.3 is 5.11 Å². The fourth-order valence-electron chi connectivity index (χ4n) is 2.56. The van der Waals surface area contributed by atoms with Crippen LogP contribution in [0.1, 0.15) is 37.8 Å². The van der Waals surface area contributed by atoms with Crippen LogP contribution in [0.5, 0.6) is 0 Å². The Balaban J connectivity index is 2.11. The average molecular weight is 233 g/mol. The first-order chi connectivity index (χ1) is 8.18. The van der Waals surface area contributed by atoms with Crippen LogP contribution in [0, 0.1) is 5.92 Å². The van der Waals surface area contributed by atoms with Gasteiger partial charge in [0, 0.05) is 6.04 Å². The van der Waals surface area contributed by atoms with E-state index in [0.29, 0.717) is 12.0 Å². The van der Waals surface area contributed by atoms with Crippen molar-refractivity contribution in [2.75, 3.05) is 0 Å². The third kappa shape index (κ3) is 2.86. The second-order valence-electron chi connectivity index (χ2n) is 4.86. The molecule has 1 aliphatic rings. The number of hydrogen-bond acceptors (Lipinski definition) is 2. The monoisotopic (exact) mass is 233 g/mol. The van der Waals surface area contributed by atoms with Crippen LogP contribution in [0.4, 0.5) is 0 Å². The minimum Gasteiger partial charge on any atom is -0.480 e. The van der Waals surface area contributed by atoms with Crippen LogP contribution in [0.15, 0.2) is 30.3 Å². The van der Waals surface area contributed by atoms with Crippen molar-refractivity contribution in [3.63, 3.8) is 0 Å². The first-order valence-electron chi connectivity index (χ1n) is 6.22. The van der Waals surface area contributed by atoms with Crippen molar-refractivity contribution in [1.82, 2.24) is 5.32 Å². The molecule has 0 heterocycles. The van der Waals surface area contributed by atoms with E-state index < -0.39 is 12.0 Å². The molecule has 2 N–H and O–H groups in total. The Morgan fingerprint density at radius 1 is 1.35 bits per heavy atom. The molecule has 92 valence electrons. The molecular weight excluding hydrogens is 214 g/mol. The van der Waals surface area contributed by atoms with Gasteiger partial charge in [0.2, 0.25) is 0 Å². The van der Waals surface area contributed by atoms with Gasteiger partial charge in [-0.25, -0.2) is 0 Å². The Bertz CT molecular complexity index is 377. The fraction of sp³-hybridized carbons (Fsp3) is 0.500. The highest BCUT2D eigenvalue weighted by atomic mass is 16.4. The predicted octanol–water partition coefficient (Wildman–Crippen LogP) is 2.59. The minimum atomic E-state index is -0.796. The van der Waals surface area contributed by atoms with Crippen LogP contribution in [0.3, 0.4) is 0 Å². The highest BCUT2D eigenvalue weighted by Crippen LogP contribution is 2.27. The molecule has 1 fully saturated rings. The van der Waals surface area contributed by atoms with Gasteiger partial charge in [0.1, 0.15) is 6.04 Å². The maximum atomic E-state index is 11.3. The Morgan fingerprint density at radius 2 is 2.06 bits per heavy atom. The smallest absolute Gasteiger partial charge is 0.325 e. The Kier molecular flexibility index (Phi) is 3.79. The van der Waals surface area contributed by atoms with Crippen molar-refractivity contribution in [1.29, 1.82) is 0 Å². The maximum Gasteiger partial charge on any atom is 0.325 e. The molecule has 0 spiro atoms. The van der Waals surface area contributed by atoms with Crippen molar-refractivity contribution in [3.05, 3.63) is 35.9 Å². The van der Waals surface area contributed by atoms with E-state index >= 15 is 0 Å². The summed E-state index contributed by atoms with van der Waals surface area (Å²) in [6.45, 7) is 2.19. The molecule has 0 bridgehead atoms. The van der Waals surface area contributed by atoms with E-state index in [0.717, 1.165) is 12.0 Å². The van der Waals surface area contributed by atoms with Gasteiger partial charge in [-0.05, 0) is 24.3 Å². The third-order valence-corrected chi connectivity index (χ3v) is 3.62. The molecule has 1 aromatic carbocycles. The largest absolute Gasteiger partial charge is 0.480 e. The zero-order valence-electron chi connectivity index (χ0n) is 10.1. The topological polar surface area (TPSA) is 49.3 Å². The summed E-state index contributed by atoms with van der Waals surface area (Å²) in [6.07, 6.45) is 3.47. The average Bonchev–Trinajstić information content (AvgIpc) is 2.72. The molecule has 3 heteroatoms. The van der Waals surface area contributed by atoms with E-state index in [1.807, 2.05) is 30.3 Å². The lowest BCUT2D eigenvalue weighted by Crippen LogP contribution is -2.38. The van der Waals surface area contributed by atoms with E-state index in [1.54, 1.807) is 0 Å². The molecule has 0 amide bonds. The first-order valence-corrected chi connectivity index (χ1v) is 6.22. The fourth-order valence-corrected chi connectivity index (χ4v) is 2.56. The van der Waals surface area contributed by atoms with E-state index in [1.165, 1.54) is 12.8 Å². The van der Waals surface area contributed by atoms with Crippen LogP contribution in [-0.4, -0.2) is 17.1 Å². The van der Waals surface area contributed by atoms with Gasteiger partial charge in [-0.3, -0.25) is 10.1 Å². The van der Waals surface area contributed by atoms with Gasteiger partial charge in [0.05, 0.1) is 0 Å². The number of carboxylic acids is 1. The van der Waals surface area contributed by atoms with Gasteiger partial charge in [-0.1, -0.05) is 43.7 Å². The maximum absolute atomic E-state index is 11.3. The number of nitrogens with one attached hydrogen (secondary N) is 1.